The molecule has 1 aliphatic rings. The second kappa shape index (κ2) is 2.67. The van der Waals surface area contributed by atoms with Crippen LogP contribution in [-0.4, -0.2) is 19.3 Å². The van der Waals surface area contributed by atoms with Crippen molar-refractivity contribution in [3.05, 3.63) is 0 Å². The minimum Gasteiger partial charge on any atom is -0.379 e. The van der Waals surface area contributed by atoms with Crippen molar-refractivity contribution >= 4 is 0 Å². The molecule has 1 aliphatic heterocycles. The minimum atomic E-state index is 0.282. The molecule has 0 bridgehead atoms. The van der Waals surface area contributed by atoms with E-state index in [1.807, 2.05) is 0 Å². The van der Waals surface area contributed by atoms with E-state index >= 15 is 0 Å². The van der Waals surface area contributed by atoms with Gasteiger partial charge in [-0.2, -0.15) is 0 Å². The normalized spacial score (nSPS) is 36.0. The summed E-state index contributed by atoms with van der Waals surface area (Å²) in [6.07, 6.45) is 0. The van der Waals surface area contributed by atoms with Gasteiger partial charge in [0.2, 0.25) is 0 Å². The highest BCUT2D eigenvalue weighted by Gasteiger charge is 2.26. The lowest BCUT2D eigenvalue weighted by molar-refractivity contribution is 0.176. The summed E-state index contributed by atoms with van der Waals surface area (Å²) in [4.78, 5) is 0. The summed E-state index contributed by atoms with van der Waals surface area (Å²) >= 11 is 0. The van der Waals surface area contributed by atoms with Crippen molar-refractivity contribution in [3.8, 4) is 0 Å². The Bertz CT molecular complexity index is 92.9. The van der Waals surface area contributed by atoms with Crippen LogP contribution in [-0.2, 0) is 4.74 Å². The number of hydrogen-bond acceptors (Lipinski definition) is 2. The Morgan fingerprint density at radius 3 is 2.33 bits per heavy atom. The van der Waals surface area contributed by atoms with Crippen molar-refractivity contribution < 1.29 is 4.74 Å². The van der Waals surface area contributed by atoms with E-state index in [1.165, 1.54) is 0 Å². The van der Waals surface area contributed by atoms with Gasteiger partial charge in [0.15, 0.2) is 0 Å². The van der Waals surface area contributed by atoms with E-state index in [1.54, 1.807) is 0 Å². The Morgan fingerprint density at radius 1 is 1.44 bits per heavy atom. The average Bonchev–Trinajstić information content (AvgIpc) is 2.13. The summed E-state index contributed by atoms with van der Waals surface area (Å²) in [6, 6.07) is 0.282. The van der Waals surface area contributed by atoms with Crippen LogP contribution < -0.4 is 5.73 Å². The van der Waals surface area contributed by atoms with E-state index in [9.17, 15) is 0 Å². The van der Waals surface area contributed by atoms with Gasteiger partial charge in [-0.25, -0.2) is 0 Å². The van der Waals surface area contributed by atoms with Crippen LogP contribution in [0.3, 0.4) is 0 Å². The molecule has 1 fully saturated rings. The first-order valence-electron chi connectivity index (χ1n) is 3.55. The molecule has 1 rings (SSSR count). The van der Waals surface area contributed by atoms with Gasteiger partial charge >= 0.3 is 0 Å². The third-order valence-corrected chi connectivity index (χ3v) is 2.03. The van der Waals surface area contributed by atoms with Gasteiger partial charge in [-0.05, 0) is 5.92 Å². The second-order valence-corrected chi connectivity index (χ2v) is 3.11. The zero-order valence-corrected chi connectivity index (χ0v) is 6.13. The SMILES string of the molecule is CC(C)[C@@H]1COC[C@@H]1N. The Hall–Kier alpha value is -0.0800. The highest BCUT2D eigenvalue weighted by Crippen LogP contribution is 2.19. The smallest absolute Gasteiger partial charge is 0.0621 e. The molecule has 0 aliphatic carbocycles. The van der Waals surface area contributed by atoms with E-state index in [2.05, 4.69) is 13.8 Å². The summed E-state index contributed by atoms with van der Waals surface area (Å²) in [6.45, 7) is 6.00. The molecule has 2 nitrogen and oxygen atoms in total. The molecular formula is C7H15NO. The molecule has 0 aromatic heterocycles. The van der Waals surface area contributed by atoms with Crippen molar-refractivity contribution in [2.75, 3.05) is 13.2 Å². The van der Waals surface area contributed by atoms with E-state index in [0.717, 1.165) is 13.2 Å². The summed E-state index contributed by atoms with van der Waals surface area (Å²) in [5.41, 5.74) is 5.75. The molecule has 0 aromatic rings. The average molecular weight is 129 g/mol. The maximum absolute atomic E-state index is 5.75. The van der Waals surface area contributed by atoms with Gasteiger partial charge in [-0.1, -0.05) is 13.8 Å². The molecule has 0 radical (unpaired) electrons. The molecule has 1 saturated heterocycles. The van der Waals surface area contributed by atoms with Crippen LogP contribution in [0.15, 0.2) is 0 Å². The summed E-state index contributed by atoms with van der Waals surface area (Å²) in [5, 5.41) is 0. The van der Waals surface area contributed by atoms with Crippen LogP contribution >= 0.6 is 0 Å². The van der Waals surface area contributed by atoms with Gasteiger partial charge < -0.3 is 10.5 Å². The lowest BCUT2D eigenvalue weighted by Gasteiger charge is -2.16. The van der Waals surface area contributed by atoms with E-state index in [-0.39, 0.29) is 6.04 Å². The van der Waals surface area contributed by atoms with Crippen molar-refractivity contribution in [1.29, 1.82) is 0 Å². The van der Waals surface area contributed by atoms with Crippen LogP contribution in [0.5, 0.6) is 0 Å². The van der Waals surface area contributed by atoms with E-state index in [4.69, 9.17) is 10.5 Å². The van der Waals surface area contributed by atoms with Crippen molar-refractivity contribution in [1.82, 2.24) is 0 Å². The largest absolute Gasteiger partial charge is 0.379 e. The molecule has 2 heteroatoms. The lowest BCUT2D eigenvalue weighted by atomic mass is 9.92. The van der Waals surface area contributed by atoms with Crippen molar-refractivity contribution in [2.24, 2.45) is 17.6 Å². The highest BCUT2D eigenvalue weighted by atomic mass is 16.5. The first-order valence-corrected chi connectivity index (χ1v) is 3.55. The molecule has 54 valence electrons. The predicted octanol–water partition coefficient (Wildman–Crippen LogP) is 0.616. The fraction of sp³-hybridized carbons (Fsp3) is 1.00. The summed E-state index contributed by atoms with van der Waals surface area (Å²) in [7, 11) is 0. The monoisotopic (exact) mass is 129 g/mol. The van der Waals surface area contributed by atoms with Crippen LogP contribution in [0, 0.1) is 11.8 Å². The van der Waals surface area contributed by atoms with Crippen LogP contribution in [0.1, 0.15) is 13.8 Å². The zero-order valence-electron chi connectivity index (χ0n) is 6.13. The van der Waals surface area contributed by atoms with Gasteiger partial charge in [0, 0.05) is 12.0 Å². The Kier molecular flexibility index (Phi) is 2.09. The van der Waals surface area contributed by atoms with Gasteiger partial charge in [0.25, 0.3) is 0 Å². The quantitative estimate of drug-likeness (QED) is 0.563. The number of ether oxygens (including phenoxy) is 1. The summed E-state index contributed by atoms with van der Waals surface area (Å²) < 4.78 is 5.21. The van der Waals surface area contributed by atoms with Gasteiger partial charge in [0.05, 0.1) is 13.2 Å². The number of hydrogen-bond donors (Lipinski definition) is 1. The molecule has 0 unspecified atom stereocenters. The Labute approximate surface area is 56.4 Å². The van der Waals surface area contributed by atoms with Crippen LogP contribution in [0.2, 0.25) is 0 Å². The highest BCUT2D eigenvalue weighted by molar-refractivity contribution is 4.79. The molecule has 0 amide bonds. The zero-order chi connectivity index (χ0) is 6.85. The predicted molar refractivity (Wildman–Crippen MR) is 37.1 cm³/mol. The molecule has 1 heterocycles. The molecule has 0 spiro atoms. The van der Waals surface area contributed by atoms with Crippen molar-refractivity contribution in [2.45, 2.75) is 19.9 Å². The maximum Gasteiger partial charge on any atom is 0.0621 e. The van der Waals surface area contributed by atoms with Gasteiger partial charge in [0.1, 0.15) is 0 Å². The molecule has 0 saturated carbocycles. The summed E-state index contributed by atoms with van der Waals surface area (Å²) in [5.74, 6) is 1.26. The molecule has 0 aromatic carbocycles. The molecule has 9 heavy (non-hydrogen) atoms. The fourth-order valence-corrected chi connectivity index (χ4v) is 1.27. The van der Waals surface area contributed by atoms with Gasteiger partial charge in [-0.15, -0.1) is 0 Å². The van der Waals surface area contributed by atoms with E-state index in [0.29, 0.717) is 11.8 Å². The first kappa shape index (κ1) is 7.03. The third-order valence-electron chi connectivity index (χ3n) is 2.03. The van der Waals surface area contributed by atoms with Crippen LogP contribution in [0.25, 0.3) is 0 Å². The minimum absolute atomic E-state index is 0.282. The van der Waals surface area contributed by atoms with Crippen molar-refractivity contribution in [3.63, 3.8) is 0 Å². The standard InChI is InChI=1S/C7H15NO/c1-5(2)6-3-9-4-7(6)8/h5-7H,3-4,8H2,1-2H3/t6-,7-/m0/s1. The van der Waals surface area contributed by atoms with Crippen LogP contribution in [0.4, 0.5) is 0 Å². The number of rotatable bonds is 1. The van der Waals surface area contributed by atoms with Gasteiger partial charge in [-0.3, -0.25) is 0 Å². The molecule has 2 N–H and O–H groups in total. The second-order valence-electron chi connectivity index (χ2n) is 3.11. The Morgan fingerprint density at radius 2 is 2.11 bits per heavy atom. The Balaban J connectivity index is 2.40. The number of nitrogens with two attached hydrogens (primary N) is 1. The van der Waals surface area contributed by atoms with E-state index < -0.39 is 0 Å². The molecule has 2 atom stereocenters. The maximum atomic E-state index is 5.75. The topological polar surface area (TPSA) is 35.2 Å². The molecular weight excluding hydrogens is 114 g/mol. The fourth-order valence-electron chi connectivity index (χ4n) is 1.27. The first-order chi connectivity index (χ1) is 4.22. The third kappa shape index (κ3) is 1.43. The lowest BCUT2D eigenvalue weighted by Crippen LogP contribution is -2.31.